The van der Waals surface area contributed by atoms with Crippen LogP contribution in [0, 0.1) is 12.3 Å². The van der Waals surface area contributed by atoms with Crippen molar-refractivity contribution in [2.75, 3.05) is 0 Å². The van der Waals surface area contributed by atoms with Gasteiger partial charge in [-0.1, -0.05) is 34.9 Å². The molecule has 0 aliphatic carbocycles. The molecule has 0 aromatic carbocycles. The number of ether oxygens (including phenoxy) is 3. The molecule has 0 N–H and O–H groups in total. The van der Waals surface area contributed by atoms with E-state index in [1.54, 1.807) is 6.08 Å². The molecule has 0 amide bonds. The third-order valence-corrected chi connectivity index (χ3v) is 5.80. The number of esters is 2. The number of halogens is 2. The van der Waals surface area contributed by atoms with Gasteiger partial charge in [0.1, 0.15) is 12.2 Å². The summed E-state index contributed by atoms with van der Waals surface area (Å²) in [6.07, 6.45) is 9.01. The van der Waals surface area contributed by atoms with Crippen LogP contribution < -0.4 is 0 Å². The summed E-state index contributed by atoms with van der Waals surface area (Å²) in [5, 5.41) is -0.495. The van der Waals surface area contributed by atoms with Crippen LogP contribution in [-0.2, 0) is 23.8 Å². The van der Waals surface area contributed by atoms with E-state index in [4.69, 9.17) is 32.2 Å². The second-order valence-electron chi connectivity index (χ2n) is 6.23. The molecule has 146 valence electrons. The van der Waals surface area contributed by atoms with Gasteiger partial charge in [0.25, 0.3) is 0 Å². The van der Waals surface area contributed by atoms with Gasteiger partial charge in [-0.25, -0.2) is 0 Å². The van der Waals surface area contributed by atoms with Gasteiger partial charge in [-0.15, -0.1) is 18.0 Å². The number of allylic oxidation sites excluding steroid dienone is 1. The summed E-state index contributed by atoms with van der Waals surface area (Å²) in [4.78, 5) is 23.1. The first-order valence-corrected chi connectivity index (χ1v) is 10.0. The van der Waals surface area contributed by atoms with Crippen LogP contribution in [0.25, 0.3) is 0 Å². The van der Waals surface area contributed by atoms with Crippen LogP contribution in [0.3, 0.4) is 0 Å². The number of terminal acetylenes is 1. The Hall–Kier alpha value is -1.03. The molecule has 0 saturated carbocycles. The minimum atomic E-state index is -0.560. The molecule has 7 heteroatoms. The lowest BCUT2D eigenvalue weighted by atomic mass is 9.95. The maximum Gasteiger partial charge on any atom is 0.302 e. The number of rotatable bonds is 6. The predicted octanol–water partition coefficient (Wildman–Crippen LogP) is 3.76. The van der Waals surface area contributed by atoms with Gasteiger partial charge in [0, 0.05) is 31.5 Å². The van der Waals surface area contributed by atoms with Crippen molar-refractivity contribution in [3.05, 3.63) is 12.2 Å². The van der Waals surface area contributed by atoms with Crippen molar-refractivity contribution < 1.29 is 23.8 Å². The fourth-order valence-corrected chi connectivity index (χ4v) is 3.59. The monoisotopic (exact) mass is 448 g/mol. The zero-order valence-corrected chi connectivity index (χ0v) is 17.7. The maximum atomic E-state index is 11.6. The van der Waals surface area contributed by atoms with Crippen molar-refractivity contribution in [1.82, 2.24) is 0 Å². The molecule has 0 bridgehead atoms. The Balaban J connectivity index is 3.12. The highest BCUT2D eigenvalue weighted by molar-refractivity contribution is 9.09. The molecule has 1 saturated heterocycles. The molecule has 0 aromatic rings. The lowest BCUT2D eigenvalue weighted by Gasteiger charge is -2.38. The van der Waals surface area contributed by atoms with Crippen LogP contribution in [0.15, 0.2) is 12.2 Å². The Morgan fingerprint density at radius 2 is 1.92 bits per heavy atom. The normalized spacial score (nSPS) is 30.7. The van der Waals surface area contributed by atoms with Crippen LogP contribution in [0.1, 0.15) is 46.5 Å². The summed E-state index contributed by atoms with van der Waals surface area (Å²) in [5.74, 6) is 1.62. The molecule has 1 aliphatic heterocycles. The molecule has 1 rings (SSSR count). The van der Waals surface area contributed by atoms with Crippen molar-refractivity contribution >= 4 is 39.5 Å². The van der Waals surface area contributed by atoms with Gasteiger partial charge in [-0.05, 0) is 18.9 Å². The Kier molecular flexibility index (Phi) is 10.3. The quantitative estimate of drug-likeness (QED) is 0.351. The zero-order chi connectivity index (χ0) is 19.7. The van der Waals surface area contributed by atoms with Gasteiger partial charge in [0.2, 0.25) is 0 Å². The fraction of sp³-hybridized carbons (Fsp3) is 0.684. The highest BCUT2D eigenvalue weighted by Crippen LogP contribution is 2.32. The minimum absolute atomic E-state index is 0.0413. The first-order chi connectivity index (χ1) is 12.3. The highest BCUT2D eigenvalue weighted by atomic mass is 79.9. The second-order valence-corrected chi connectivity index (χ2v) is 7.96. The molecular formula is C19H26BrClO5. The summed E-state index contributed by atoms with van der Waals surface area (Å²) in [7, 11) is 0. The number of hydrogen-bond donors (Lipinski definition) is 0. The van der Waals surface area contributed by atoms with Crippen LogP contribution in [-0.4, -0.2) is 46.6 Å². The third kappa shape index (κ3) is 7.69. The molecular weight excluding hydrogens is 424 g/mol. The van der Waals surface area contributed by atoms with E-state index in [1.165, 1.54) is 13.8 Å². The first kappa shape index (κ1) is 23.0. The van der Waals surface area contributed by atoms with Crippen molar-refractivity contribution in [2.45, 2.75) is 81.1 Å². The third-order valence-electron chi connectivity index (χ3n) is 4.10. The highest BCUT2D eigenvalue weighted by Gasteiger charge is 2.39. The maximum absolute atomic E-state index is 11.6. The standard InChI is InChI=1S/C19H26BrClO5/c1-5-7-8-9-16-19(25-13(4)23)10-15(21)18(24-12(3)22)11-17(26-16)14(20)6-2/h1,7-8,14-19H,6,9-11H2,2-4H3/b8-7+/t14?,15-,16-,17+,18-,19+/m0/s1. The van der Waals surface area contributed by atoms with Crippen molar-refractivity contribution in [3.8, 4) is 12.3 Å². The van der Waals surface area contributed by atoms with Crippen molar-refractivity contribution in [1.29, 1.82) is 0 Å². The van der Waals surface area contributed by atoms with Crippen LogP contribution in [0.5, 0.6) is 0 Å². The number of alkyl halides is 2. The average molecular weight is 450 g/mol. The van der Waals surface area contributed by atoms with Crippen molar-refractivity contribution in [2.24, 2.45) is 0 Å². The smallest absolute Gasteiger partial charge is 0.302 e. The molecule has 26 heavy (non-hydrogen) atoms. The average Bonchev–Trinajstić information content (AvgIpc) is 2.56. The zero-order valence-electron chi connectivity index (χ0n) is 15.3. The van der Waals surface area contributed by atoms with E-state index in [0.29, 0.717) is 19.3 Å². The van der Waals surface area contributed by atoms with E-state index < -0.39 is 29.5 Å². The molecule has 0 aromatic heterocycles. The van der Waals surface area contributed by atoms with Gasteiger partial charge >= 0.3 is 11.9 Å². The molecule has 5 nitrogen and oxygen atoms in total. The molecule has 1 heterocycles. The molecule has 1 unspecified atom stereocenters. The summed E-state index contributed by atoms with van der Waals surface area (Å²) >= 11 is 10.2. The number of hydrogen-bond acceptors (Lipinski definition) is 5. The van der Waals surface area contributed by atoms with E-state index in [1.807, 2.05) is 13.0 Å². The fourth-order valence-electron chi connectivity index (χ4n) is 2.92. The van der Waals surface area contributed by atoms with Gasteiger partial charge in [-0.2, -0.15) is 0 Å². The Morgan fingerprint density at radius 3 is 2.46 bits per heavy atom. The molecule has 1 aliphatic rings. The van der Waals surface area contributed by atoms with Gasteiger partial charge < -0.3 is 14.2 Å². The first-order valence-electron chi connectivity index (χ1n) is 8.67. The van der Waals surface area contributed by atoms with E-state index in [0.717, 1.165) is 6.42 Å². The largest absolute Gasteiger partial charge is 0.461 e. The van der Waals surface area contributed by atoms with Crippen LogP contribution >= 0.6 is 27.5 Å². The molecule has 0 spiro atoms. The molecule has 0 radical (unpaired) electrons. The van der Waals surface area contributed by atoms with E-state index in [-0.39, 0.29) is 17.0 Å². The van der Waals surface area contributed by atoms with Gasteiger partial charge in [0.05, 0.1) is 17.6 Å². The number of carbonyl (C=O) groups is 2. The Bertz CT molecular complexity index is 545. The summed E-state index contributed by atoms with van der Waals surface area (Å²) in [5.41, 5.74) is 0. The molecule has 6 atom stereocenters. The topological polar surface area (TPSA) is 61.8 Å². The van der Waals surface area contributed by atoms with Gasteiger partial charge in [0.15, 0.2) is 0 Å². The van der Waals surface area contributed by atoms with Crippen molar-refractivity contribution in [3.63, 3.8) is 0 Å². The van der Waals surface area contributed by atoms with E-state index >= 15 is 0 Å². The van der Waals surface area contributed by atoms with Crippen LogP contribution in [0.4, 0.5) is 0 Å². The van der Waals surface area contributed by atoms with E-state index in [2.05, 4.69) is 21.9 Å². The minimum Gasteiger partial charge on any atom is -0.461 e. The SMILES string of the molecule is C#C/C=C/C[C@@H]1O[C@@H](C(Br)CC)C[C@H](OC(C)=O)[C@@H](Cl)C[C@H]1OC(C)=O. The molecule has 1 fully saturated rings. The van der Waals surface area contributed by atoms with E-state index in [9.17, 15) is 9.59 Å². The van der Waals surface area contributed by atoms with Gasteiger partial charge in [-0.3, -0.25) is 9.59 Å². The lowest BCUT2D eigenvalue weighted by molar-refractivity contribution is -0.169. The summed E-state index contributed by atoms with van der Waals surface area (Å²) < 4.78 is 17.1. The summed E-state index contributed by atoms with van der Waals surface area (Å²) in [6.45, 7) is 4.72. The Labute approximate surface area is 168 Å². The predicted molar refractivity (Wildman–Crippen MR) is 104 cm³/mol. The number of carbonyl (C=O) groups excluding carboxylic acids is 2. The van der Waals surface area contributed by atoms with Crippen LogP contribution in [0.2, 0.25) is 0 Å². The summed E-state index contributed by atoms with van der Waals surface area (Å²) in [6, 6.07) is 0. The lowest BCUT2D eigenvalue weighted by Crippen LogP contribution is -2.47. The second kappa shape index (κ2) is 11.6. The Morgan fingerprint density at radius 1 is 1.31 bits per heavy atom.